The van der Waals surface area contributed by atoms with E-state index in [4.69, 9.17) is 11.6 Å². The van der Waals surface area contributed by atoms with Gasteiger partial charge in [-0.05, 0) is 23.8 Å². The Kier molecular flexibility index (Phi) is 5.45. The number of hydrogen-bond acceptors (Lipinski definition) is 5. The number of thiazole rings is 1. The topological polar surface area (TPSA) is 57.9 Å². The van der Waals surface area contributed by atoms with Gasteiger partial charge in [-0.3, -0.25) is 19.2 Å². The number of fused-ring (bicyclic) bond motifs is 1. The largest absolute Gasteiger partial charge is 0.337 e. The Morgan fingerprint density at radius 1 is 1.11 bits per heavy atom. The molecule has 0 atom stereocenters. The van der Waals surface area contributed by atoms with Crippen molar-refractivity contribution in [3.63, 3.8) is 0 Å². The van der Waals surface area contributed by atoms with Crippen molar-refractivity contribution in [2.45, 2.75) is 6.54 Å². The summed E-state index contributed by atoms with van der Waals surface area (Å²) < 4.78 is 2.34. The fourth-order valence-electron chi connectivity index (χ4n) is 3.17. The summed E-state index contributed by atoms with van der Waals surface area (Å²) in [6.45, 7) is 2.54. The lowest BCUT2D eigenvalue weighted by Crippen LogP contribution is -2.48. The smallest absolute Gasteiger partial charge is 0.308 e. The van der Waals surface area contributed by atoms with E-state index in [1.165, 1.54) is 4.57 Å². The Hall–Kier alpha value is -2.64. The predicted molar refractivity (Wildman–Crippen MR) is 113 cm³/mol. The normalized spacial score (nSPS) is 14.9. The molecule has 1 aromatic heterocycles. The highest BCUT2D eigenvalue weighted by Gasteiger charge is 2.21. The van der Waals surface area contributed by atoms with Crippen LogP contribution < -0.4 is 4.87 Å². The van der Waals surface area contributed by atoms with E-state index in [9.17, 15) is 9.59 Å². The zero-order chi connectivity index (χ0) is 19.5. The van der Waals surface area contributed by atoms with Gasteiger partial charge < -0.3 is 4.90 Å². The van der Waals surface area contributed by atoms with Gasteiger partial charge in [0.2, 0.25) is 5.91 Å². The van der Waals surface area contributed by atoms with E-state index in [0.29, 0.717) is 36.7 Å². The number of rotatable bonds is 4. The van der Waals surface area contributed by atoms with Gasteiger partial charge in [-0.15, -0.1) is 0 Å². The number of halogens is 1. The number of benzene rings is 2. The molecule has 8 heteroatoms. The van der Waals surface area contributed by atoms with Crippen molar-refractivity contribution < 1.29 is 4.79 Å². The van der Waals surface area contributed by atoms with Crippen molar-refractivity contribution >= 4 is 45.3 Å². The molecule has 1 fully saturated rings. The van der Waals surface area contributed by atoms with Crippen molar-refractivity contribution in [3.05, 3.63) is 68.8 Å². The average Bonchev–Trinajstić information content (AvgIpc) is 3.02. The molecule has 0 radical (unpaired) electrons. The first-order valence-corrected chi connectivity index (χ1v) is 10.2. The van der Waals surface area contributed by atoms with Crippen LogP contribution in [-0.2, 0) is 11.3 Å². The van der Waals surface area contributed by atoms with E-state index < -0.39 is 0 Å². The minimum atomic E-state index is -0.142. The van der Waals surface area contributed by atoms with E-state index in [1.807, 2.05) is 47.6 Å². The van der Waals surface area contributed by atoms with E-state index >= 15 is 0 Å². The van der Waals surface area contributed by atoms with E-state index in [-0.39, 0.29) is 17.3 Å². The maximum Gasteiger partial charge on any atom is 0.308 e. The van der Waals surface area contributed by atoms with E-state index in [0.717, 1.165) is 21.6 Å². The molecule has 28 heavy (non-hydrogen) atoms. The van der Waals surface area contributed by atoms with Crippen LogP contribution in [0.25, 0.3) is 10.2 Å². The number of nitrogens with zero attached hydrogens (tertiary/aromatic N) is 4. The van der Waals surface area contributed by atoms with Crippen LogP contribution in [0.4, 0.5) is 0 Å². The van der Waals surface area contributed by atoms with E-state index in [2.05, 4.69) is 5.10 Å². The molecule has 0 spiro atoms. The van der Waals surface area contributed by atoms with Crippen LogP contribution in [0.3, 0.4) is 0 Å². The van der Waals surface area contributed by atoms with Crippen LogP contribution in [-0.4, -0.2) is 52.8 Å². The Labute approximate surface area is 171 Å². The monoisotopic (exact) mass is 414 g/mol. The Balaban J connectivity index is 1.38. The van der Waals surface area contributed by atoms with E-state index in [1.54, 1.807) is 17.0 Å². The van der Waals surface area contributed by atoms with Gasteiger partial charge in [-0.1, -0.05) is 53.3 Å². The average molecular weight is 415 g/mol. The first-order valence-electron chi connectivity index (χ1n) is 9.01. The predicted octanol–water partition coefficient (Wildman–Crippen LogP) is 2.89. The molecule has 2 heterocycles. The third-order valence-corrected chi connectivity index (χ3v) is 5.90. The molecule has 0 saturated carbocycles. The first kappa shape index (κ1) is 18.7. The summed E-state index contributed by atoms with van der Waals surface area (Å²) in [5.41, 5.74) is 1.75. The molecule has 0 N–H and O–H groups in total. The van der Waals surface area contributed by atoms with Crippen molar-refractivity contribution in [1.82, 2.24) is 14.5 Å². The minimum Gasteiger partial charge on any atom is -0.337 e. The van der Waals surface area contributed by atoms with Crippen LogP contribution >= 0.6 is 22.9 Å². The molecule has 1 aliphatic rings. The van der Waals surface area contributed by atoms with Gasteiger partial charge in [0.15, 0.2) is 0 Å². The molecule has 0 bridgehead atoms. The minimum absolute atomic E-state index is 0.0342. The number of aromatic nitrogens is 1. The fraction of sp³-hybridized carbons (Fsp3) is 0.250. The lowest BCUT2D eigenvalue weighted by Gasteiger charge is -2.33. The van der Waals surface area contributed by atoms with Gasteiger partial charge in [-0.2, -0.15) is 5.10 Å². The molecule has 2 aromatic carbocycles. The van der Waals surface area contributed by atoms with Crippen molar-refractivity contribution in [1.29, 1.82) is 0 Å². The molecular formula is C20H19ClN4O2S. The molecule has 4 rings (SSSR count). The van der Waals surface area contributed by atoms with Gasteiger partial charge in [0.05, 0.1) is 29.5 Å². The maximum absolute atomic E-state index is 12.7. The standard InChI is InChI=1S/C20H19ClN4O2S/c21-16-6-7-18-17(12-16)25(20(27)28-18)14-19(26)23-8-10-24(11-9-23)22-13-15-4-2-1-3-5-15/h1-7,12-13H,8-11,14H2. The Morgan fingerprint density at radius 2 is 1.86 bits per heavy atom. The summed E-state index contributed by atoms with van der Waals surface area (Å²) in [4.78, 5) is 26.6. The van der Waals surface area contributed by atoms with Crippen LogP contribution in [0.2, 0.25) is 5.02 Å². The van der Waals surface area contributed by atoms with Crippen LogP contribution in [0, 0.1) is 0 Å². The lowest BCUT2D eigenvalue weighted by atomic mass is 10.2. The second kappa shape index (κ2) is 8.16. The number of hydrazone groups is 1. The Bertz CT molecular complexity index is 1070. The molecule has 0 unspecified atom stereocenters. The number of amides is 1. The second-order valence-electron chi connectivity index (χ2n) is 6.56. The maximum atomic E-state index is 12.7. The highest BCUT2D eigenvalue weighted by atomic mass is 35.5. The van der Waals surface area contributed by atoms with Crippen LogP contribution in [0.15, 0.2) is 58.4 Å². The molecule has 1 saturated heterocycles. The third kappa shape index (κ3) is 4.10. The number of piperazine rings is 1. The van der Waals surface area contributed by atoms with Crippen molar-refractivity contribution in [2.75, 3.05) is 26.2 Å². The highest BCUT2D eigenvalue weighted by molar-refractivity contribution is 7.16. The van der Waals surface area contributed by atoms with Gasteiger partial charge in [0, 0.05) is 18.1 Å². The summed E-state index contributed by atoms with van der Waals surface area (Å²) in [6.07, 6.45) is 1.83. The number of carbonyl (C=O) groups excluding carboxylic acids is 1. The quantitative estimate of drug-likeness (QED) is 0.617. The van der Waals surface area contributed by atoms with Gasteiger partial charge in [0.25, 0.3) is 0 Å². The zero-order valence-electron chi connectivity index (χ0n) is 15.1. The van der Waals surface area contributed by atoms with Crippen molar-refractivity contribution in [2.24, 2.45) is 5.10 Å². The number of hydrogen-bond donors (Lipinski definition) is 0. The SMILES string of the molecule is O=C(Cn1c(=O)sc2ccc(Cl)cc21)N1CCN(N=Cc2ccccc2)CC1. The fourth-order valence-corrected chi connectivity index (χ4v) is 4.21. The first-order chi connectivity index (χ1) is 13.6. The number of carbonyl (C=O) groups is 1. The second-order valence-corrected chi connectivity index (χ2v) is 7.99. The Morgan fingerprint density at radius 3 is 2.61 bits per heavy atom. The summed E-state index contributed by atoms with van der Waals surface area (Å²) in [5.74, 6) is -0.0616. The van der Waals surface area contributed by atoms with Crippen molar-refractivity contribution in [3.8, 4) is 0 Å². The molecule has 3 aromatic rings. The third-order valence-electron chi connectivity index (χ3n) is 4.70. The molecule has 144 valence electrons. The lowest BCUT2D eigenvalue weighted by molar-refractivity contribution is -0.133. The van der Waals surface area contributed by atoms with Gasteiger partial charge in [-0.25, -0.2) is 0 Å². The molecule has 1 amide bonds. The highest BCUT2D eigenvalue weighted by Crippen LogP contribution is 2.21. The molecule has 1 aliphatic heterocycles. The summed E-state index contributed by atoms with van der Waals surface area (Å²) in [7, 11) is 0. The van der Waals surface area contributed by atoms with Crippen LogP contribution in [0.5, 0.6) is 0 Å². The summed E-state index contributed by atoms with van der Waals surface area (Å²) in [6, 6.07) is 15.2. The summed E-state index contributed by atoms with van der Waals surface area (Å²) >= 11 is 7.18. The van der Waals surface area contributed by atoms with Gasteiger partial charge >= 0.3 is 4.87 Å². The molecule has 6 nitrogen and oxygen atoms in total. The summed E-state index contributed by atoms with van der Waals surface area (Å²) in [5, 5.41) is 7.00. The van der Waals surface area contributed by atoms with Gasteiger partial charge in [0.1, 0.15) is 6.54 Å². The van der Waals surface area contributed by atoms with Crippen LogP contribution in [0.1, 0.15) is 5.56 Å². The molecular weight excluding hydrogens is 396 g/mol. The molecule has 0 aliphatic carbocycles. The zero-order valence-corrected chi connectivity index (χ0v) is 16.7.